The molecule has 3 rings (SSSR count). The molecule has 1 saturated heterocycles. The lowest BCUT2D eigenvalue weighted by Crippen LogP contribution is -2.31. The lowest BCUT2D eigenvalue weighted by molar-refractivity contribution is 0.218. The quantitative estimate of drug-likeness (QED) is 0.845. The molecular formula is C14H14BrN3OS. The number of carbonyl (C=O) groups excluding carboxylic acids is 1. The highest BCUT2D eigenvalue weighted by molar-refractivity contribution is 9.10. The Morgan fingerprint density at radius 1 is 1.35 bits per heavy atom. The van der Waals surface area contributed by atoms with Gasteiger partial charge in [-0.15, -0.1) is 11.3 Å². The largest absolute Gasteiger partial charge is 0.326 e. The normalized spacial score (nSPS) is 15.2. The smallest absolute Gasteiger partial charge is 0.318 e. The molecule has 2 heterocycles. The van der Waals surface area contributed by atoms with Crippen molar-refractivity contribution in [2.45, 2.75) is 13.5 Å². The molecule has 0 bridgehead atoms. The topological polar surface area (TPSA) is 36.4 Å². The molecule has 4 nitrogen and oxygen atoms in total. The minimum absolute atomic E-state index is 0.0371. The summed E-state index contributed by atoms with van der Waals surface area (Å²) >= 11 is 5.08. The molecular weight excluding hydrogens is 338 g/mol. The molecule has 0 saturated carbocycles. The highest BCUT2D eigenvalue weighted by atomic mass is 79.9. The Morgan fingerprint density at radius 3 is 2.85 bits per heavy atom. The van der Waals surface area contributed by atoms with E-state index < -0.39 is 0 Å². The summed E-state index contributed by atoms with van der Waals surface area (Å²) in [6.45, 7) is 4.07. The van der Waals surface area contributed by atoms with Crippen molar-refractivity contribution in [2.24, 2.45) is 0 Å². The summed E-state index contributed by atoms with van der Waals surface area (Å²) in [5.41, 5.74) is 1.12. The molecule has 1 aliphatic heterocycles. The summed E-state index contributed by atoms with van der Waals surface area (Å²) in [5, 5.41) is 0.794. The van der Waals surface area contributed by atoms with E-state index in [2.05, 4.69) is 20.9 Å². The number of amides is 2. The molecule has 1 aromatic heterocycles. The molecule has 1 fully saturated rings. The molecule has 1 aliphatic rings. The minimum Gasteiger partial charge on any atom is -0.318 e. The number of urea groups is 1. The molecule has 1 aromatic carbocycles. The number of rotatable bonds is 3. The Morgan fingerprint density at radius 2 is 2.15 bits per heavy atom. The van der Waals surface area contributed by atoms with Gasteiger partial charge in [0.1, 0.15) is 0 Å². The van der Waals surface area contributed by atoms with Crippen LogP contribution in [0.1, 0.15) is 10.4 Å². The molecule has 0 unspecified atom stereocenters. The number of nitrogens with zero attached hydrogens (tertiary/aromatic N) is 3. The van der Waals surface area contributed by atoms with Gasteiger partial charge in [0.05, 0.1) is 0 Å². The fraction of sp³-hybridized carbons (Fsp3) is 0.286. The number of hydrogen-bond donors (Lipinski definition) is 0. The lowest BCUT2D eigenvalue weighted by Gasteiger charge is -2.17. The molecule has 6 heteroatoms. The van der Waals surface area contributed by atoms with E-state index in [4.69, 9.17) is 0 Å². The van der Waals surface area contributed by atoms with Crippen molar-refractivity contribution >= 4 is 38.4 Å². The van der Waals surface area contributed by atoms with Gasteiger partial charge in [0.15, 0.2) is 5.13 Å². The van der Waals surface area contributed by atoms with Crippen LogP contribution in [0.25, 0.3) is 0 Å². The van der Waals surface area contributed by atoms with Gasteiger partial charge in [-0.1, -0.05) is 34.1 Å². The first-order valence-electron chi connectivity index (χ1n) is 6.37. The Labute approximate surface area is 130 Å². The van der Waals surface area contributed by atoms with Crippen LogP contribution < -0.4 is 4.90 Å². The minimum atomic E-state index is 0.0371. The molecule has 0 atom stereocenters. The van der Waals surface area contributed by atoms with Crippen molar-refractivity contribution in [3.05, 3.63) is 45.4 Å². The van der Waals surface area contributed by atoms with Crippen molar-refractivity contribution in [1.82, 2.24) is 9.88 Å². The lowest BCUT2D eigenvalue weighted by atomic mass is 10.2. The molecule has 104 valence electrons. The van der Waals surface area contributed by atoms with Crippen molar-refractivity contribution in [2.75, 3.05) is 18.0 Å². The average Bonchev–Trinajstić information content (AvgIpc) is 3.00. The summed E-state index contributed by atoms with van der Waals surface area (Å²) in [7, 11) is 0. The molecule has 0 N–H and O–H groups in total. The van der Waals surface area contributed by atoms with Crippen LogP contribution >= 0.6 is 27.3 Å². The van der Waals surface area contributed by atoms with Gasteiger partial charge >= 0.3 is 6.03 Å². The zero-order valence-corrected chi connectivity index (χ0v) is 13.4. The number of thiazole rings is 1. The van der Waals surface area contributed by atoms with E-state index in [9.17, 15) is 4.79 Å². The zero-order chi connectivity index (χ0) is 14.1. The second-order valence-corrected chi connectivity index (χ2v) is 6.77. The molecule has 2 aromatic rings. The summed E-state index contributed by atoms with van der Waals surface area (Å²) in [6, 6.07) is 8.04. The van der Waals surface area contributed by atoms with Gasteiger partial charge in [-0.2, -0.15) is 0 Å². The van der Waals surface area contributed by atoms with Crippen molar-refractivity contribution in [3.63, 3.8) is 0 Å². The predicted molar refractivity (Wildman–Crippen MR) is 84.1 cm³/mol. The van der Waals surface area contributed by atoms with E-state index in [-0.39, 0.29) is 6.03 Å². The van der Waals surface area contributed by atoms with E-state index >= 15 is 0 Å². The summed E-state index contributed by atoms with van der Waals surface area (Å²) in [6.07, 6.45) is 1.81. The van der Waals surface area contributed by atoms with Gasteiger partial charge in [-0.05, 0) is 18.6 Å². The summed E-state index contributed by atoms with van der Waals surface area (Å²) in [4.78, 5) is 21.5. The Balaban J connectivity index is 1.75. The fourth-order valence-electron chi connectivity index (χ4n) is 2.21. The fourth-order valence-corrected chi connectivity index (χ4v) is 3.40. The van der Waals surface area contributed by atoms with E-state index in [1.54, 1.807) is 16.2 Å². The first-order valence-corrected chi connectivity index (χ1v) is 7.98. The maximum atomic E-state index is 12.4. The van der Waals surface area contributed by atoms with Crippen LogP contribution in [0.15, 0.2) is 34.9 Å². The third-order valence-corrected chi connectivity index (χ3v) is 4.96. The Kier molecular flexibility index (Phi) is 3.76. The van der Waals surface area contributed by atoms with Gasteiger partial charge in [-0.25, -0.2) is 9.78 Å². The first kappa shape index (κ1) is 13.6. The Bertz CT molecular complexity index is 643. The van der Waals surface area contributed by atoms with E-state index in [1.807, 2.05) is 42.3 Å². The third kappa shape index (κ3) is 2.58. The number of hydrogen-bond acceptors (Lipinski definition) is 3. The average molecular weight is 352 g/mol. The SMILES string of the molecule is Cc1cnc(N2CCN(Cc3ccccc3Br)C2=O)s1. The van der Waals surface area contributed by atoms with E-state index in [0.29, 0.717) is 13.1 Å². The van der Waals surface area contributed by atoms with Gasteiger partial charge in [0.2, 0.25) is 0 Å². The van der Waals surface area contributed by atoms with Gasteiger partial charge in [-0.3, -0.25) is 4.90 Å². The van der Waals surface area contributed by atoms with Crippen LogP contribution in [0.2, 0.25) is 0 Å². The number of anilines is 1. The second kappa shape index (κ2) is 5.54. The first-order chi connectivity index (χ1) is 9.65. The predicted octanol–water partition coefficient (Wildman–Crippen LogP) is 3.66. The number of halogens is 1. The molecule has 0 radical (unpaired) electrons. The zero-order valence-electron chi connectivity index (χ0n) is 11.0. The van der Waals surface area contributed by atoms with Gasteiger partial charge < -0.3 is 4.90 Å². The number of carbonyl (C=O) groups is 1. The summed E-state index contributed by atoms with van der Waals surface area (Å²) in [5.74, 6) is 0. The molecule has 0 aliphatic carbocycles. The van der Waals surface area contributed by atoms with Crippen LogP contribution in [-0.2, 0) is 6.54 Å². The van der Waals surface area contributed by atoms with Crippen LogP contribution in [-0.4, -0.2) is 29.0 Å². The maximum absolute atomic E-state index is 12.4. The number of aromatic nitrogens is 1. The second-order valence-electron chi connectivity index (χ2n) is 4.70. The van der Waals surface area contributed by atoms with Crippen molar-refractivity contribution in [3.8, 4) is 0 Å². The molecule has 20 heavy (non-hydrogen) atoms. The van der Waals surface area contributed by atoms with Crippen molar-refractivity contribution < 1.29 is 4.79 Å². The molecule has 2 amide bonds. The van der Waals surface area contributed by atoms with Gasteiger partial charge in [0, 0.05) is 35.2 Å². The van der Waals surface area contributed by atoms with Crippen LogP contribution in [0, 0.1) is 6.92 Å². The Hall–Kier alpha value is -1.40. The number of benzene rings is 1. The highest BCUT2D eigenvalue weighted by Gasteiger charge is 2.31. The highest BCUT2D eigenvalue weighted by Crippen LogP contribution is 2.27. The van der Waals surface area contributed by atoms with Crippen LogP contribution in [0.3, 0.4) is 0 Å². The maximum Gasteiger partial charge on any atom is 0.326 e. The van der Waals surface area contributed by atoms with Crippen molar-refractivity contribution in [1.29, 1.82) is 0 Å². The van der Waals surface area contributed by atoms with E-state index in [1.165, 1.54) is 0 Å². The van der Waals surface area contributed by atoms with Gasteiger partial charge in [0.25, 0.3) is 0 Å². The standard InChI is InChI=1S/C14H14BrN3OS/c1-10-8-16-13(20-10)18-7-6-17(14(18)19)9-11-4-2-3-5-12(11)15/h2-5,8H,6-7,9H2,1H3. The third-order valence-electron chi connectivity index (χ3n) is 3.25. The van der Waals surface area contributed by atoms with Crippen LogP contribution in [0.4, 0.5) is 9.93 Å². The monoisotopic (exact) mass is 351 g/mol. The molecule has 0 spiro atoms. The van der Waals surface area contributed by atoms with Crippen LogP contribution in [0.5, 0.6) is 0 Å². The number of aryl methyl sites for hydroxylation is 1. The summed E-state index contributed by atoms with van der Waals surface area (Å²) < 4.78 is 1.04. The van der Waals surface area contributed by atoms with E-state index in [0.717, 1.165) is 26.6 Å².